The molecule has 0 nitrogen and oxygen atoms in total. The smallest absolute Gasteiger partial charge is 0.0122 e. The van der Waals surface area contributed by atoms with Gasteiger partial charge in [-0.05, 0) is 31.4 Å². The summed E-state index contributed by atoms with van der Waals surface area (Å²) in [6.45, 7) is 3.86. The van der Waals surface area contributed by atoms with E-state index in [2.05, 4.69) is 52.9 Å². The fraction of sp³-hybridized carbons (Fsp3) is 0.286. The molecule has 0 N–H and O–H groups in total. The van der Waals surface area contributed by atoms with Crippen LogP contribution in [0.5, 0.6) is 0 Å². The molecule has 0 saturated carbocycles. The fourth-order valence-corrected chi connectivity index (χ4v) is 2.52. The van der Waals surface area contributed by atoms with E-state index in [-0.39, 0.29) is 0 Å². The average molecular weight is 297 g/mol. The Bertz CT molecular complexity index is 330. The van der Waals surface area contributed by atoms with Gasteiger partial charge in [0.15, 0.2) is 0 Å². The second-order valence-corrected chi connectivity index (χ2v) is 5.35. The predicted octanol–water partition coefficient (Wildman–Crippen LogP) is 5.41. The first-order valence-corrected chi connectivity index (χ1v) is 7.42. The molecule has 0 amide bonds. The summed E-state index contributed by atoms with van der Waals surface area (Å²) >= 11 is 5.22. The van der Waals surface area contributed by atoms with Crippen molar-refractivity contribution in [3.63, 3.8) is 0 Å². The van der Waals surface area contributed by atoms with Crippen LogP contribution in [0.1, 0.15) is 19.3 Å². The molecule has 0 aliphatic heterocycles. The normalized spacial score (nSPS) is 11.4. The van der Waals surface area contributed by atoms with E-state index in [1.54, 1.807) is 11.8 Å². The molecule has 0 radical (unpaired) electrons. The number of rotatable bonds is 7. The van der Waals surface area contributed by atoms with Gasteiger partial charge < -0.3 is 0 Å². The Morgan fingerprint density at radius 2 is 2.00 bits per heavy atom. The highest BCUT2D eigenvalue weighted by atomic mass is 79.9. The van der Waals surface area contributed by atoms with Crippen molar-refractivity contribution in [2.24, 2.45) is 0 Å². The van der Waals surface area contributed by atoms with Crippen LogP contribution in [-0.2, 0) is 0 Å². The van der Waals surface area contributed by atoms with Crippen LogP contribution in [-0.4, -0.2) is 5.33 Å². The number of hydrogen-bond acceptors (Lipinski definition) is 1. The molecule has 0 aromatic heterocycles. The van der Waals surface area contributed by atoms with Gasteiger partial charge in [-0.2, -0.15) is 0 Å². The largest absolute Gasteiger partial charge is 0.0980 e. The van der Waals surface area contributed by atoms with Crippen LogP contribution in [0, 0.1) is 0 Å². The maximum absolute atomic E-state index is 3.86. The molecular weight excluding hydrogens is 280 g/mol. The number of thioether (sulfide) groups is 1. The molecule has 1 aromatic carbocycles. The van der Waals surface area contributed by atoms with Crippen molar-refractivity contribution in [3.8, 4) is 0 Å². The Morgan fingerprint density at radius 1 is 1.25 bits per heavy atom. The number of hydrogen-bond donors (Lipinski definition) is 0. The molecule has 0 aliphatic carbocycles. The van der Waals surface area contributed by atoms with Crippen LogP contribution in [0.25, 0.3) is 0 Å². The summed E-state index contributed by atoms with van der Waals surface area (Å²) in [7, 11) is 0. The Hall–Kier alpha value is -0.470. The van der Waals surface area contributed by atoms with Gasteiger partial charge in [0.05, 0.1) is 0 Å². The van der Waals surface area contributed by atoms with Crippen LogP contribution in [0.2, 0.25) is 0 Å². The van der Waals surface area contributed by atoms with E-state index in [4.69, 9.17) is 0 Å². The molecule has 0 saturated heterocycles. The van der Waals surface area contributed by atoms with Crippen LogP contribution < -0.4 is 0 Å². The zero-order valence-electron chi connectivity index (χ0n) is 9.36. The number of benzene rings is 1. The van der Waals surface area contributed by atoms with Crippen LogP contribution in [0.15, 0.2) is 58.9 Å². The lowest BCUT2D eigenvalue weighted by Gasteiger charge is -2.02. The van der Waals surface area contributed by atoms with Crippen molar-refractivity contribution in [1.82, 2.24) is 0 Å². The van der Waals surface area contributed by atoms with Gasteiger partial charge in [0, 0.05) is 15.1 Å². The second-order valence-electron chi connectivity index (χ2n) is 3.41. The molecular formula is C14H17BrS. The number of unbranched alkanes of at least 4 members (excludes halogenated alkanes) is 2. The zero-order chi connectivity index (χ0) is 11.6. The van der Waals surface area contributed by atoms with E-state index < -0.39 is 0 Å². The minimum absolute atomic E-state index is 1.09. The first-order chi connectivity index (χ1) is 7.86. The summed E-state index contributed by atoms with van der Waals surface area (Å²) < 4.78 is 0. The fourth-order valence-electron chi connectivity index (χ4n) is 1.27. The first kappa shape index (κ1) is 13.6. The third-order valence-corrected chi connectivity index (χ3v) is 3.75. The molecule has 86 valence electrons. The first-order valence-electron chi connectivity index (χ1n) is 5.48. The lowest BCUT2D eigenvalue weighted by Crippen LogP contribution is -1.77. The lowest BCUT2D eigenvalue weighted by atomic mass is 10.2. The van der Waals surface area contributed by atoms with Gasteiger partial charge in [-0.1, -0.05) is 64.6 Å². The Kier molecular flexibility index (Phi) is 7.35. The van der Waals surface area contributed by atoms with Crippen molar-refractivity contribution in [2.45, 2.75) is 24.2 Å². The van der Waals surface area contributed by atoms with E-state index in [0.29, 0.717) is 0 Å². The second kappa shape index (κ2) is 8.66. The maximum atomic E-state index is 3.86. The predicted molar refractivity (Wildman–Crippen MR) is 78.2 cm³/mol. The Labute approximate surface area is 111 Å². The molecule has 1 aromatic rings. The summed E-state index contributed by atoms with van der Waals surface area (Å²) in [5, 5.41) is 1.09. The van der Waals surface area contributed by atoms with Gasteiger partial charge in [-0.3, -0.25) is 0 Å². The topological polar surface area (TPSA) is 0 Å². The lowest BCUT2D eigenvalue weighted by molar-refractivity contribution is 0.826. The van der Waals surface area contributed by atoms with E-state index in [1.807, 2.05) is 12.1 Å². The average Bonchev–Trinajstić information content (AvgIpc) is 2.34. The highest BCUT2D eigenvalue weighted by Crippen LogP contribution is 2.27. The van der Waals surface area contributed by atoms with E-state index in [1.165, 1.54) is 22.6 Å². The van der Waals surface area contributed by atoms with E-state index in [0.717, 1.165) is 11.8 Å². The molecule has 0 aliphatic rings. The maximum Gasteiger partial charge on any atom is 0.0122 e. The minimum Gasteiger partial charge on any atom is -0.0980 e. The summed E-state index contributed by atoms with van der Waals surface area (Å²) in [5.41, 5.74) is 0. The van der Waals surface area contributed by atoms with Gasteiger partial charge in [0.25, 0.3) is 0 Å². The SMILES string of the molecule is C=C/C(=C\CCCCBr)Sc1ccccc1. The van der Waals surface area contributed by atoms with Gasteiger partial charge >= 0.3 is 0 Å². The summed E-state index contributed by atoms with van der Waals surface area (Å²) in [6, 6.07) is 10.4. The molecule has 0 unspecified atom stereocenters. The third kappa shape index (κ3) is 5.57. The molecule has 16 heavy (non-hydrogen) atoms. The zero-order valence-corrected chi connectivity index (χ0v) is 11.8. The molecule has 0 spiro atoms. The monoisotopic (exact) mass is 296 g/mol. The van der Waals surface area contributed by atoms with Gasteiger partial charge in [-0.15, -0.1) is 0 Å². The summed E-state index contributed by atoms with van der Waals surface area (Å²) in [5.74, 6) is 0. The van der Waals surface area contributed by atoms with Crippen LogP contribution in [0.3, 0.4) is 0 Å². The Morgan fingerprint density at radius 3 is 2.62 bits per heavy atom. The van der Waals surface area contributed by atoms with Gasteiger partial charge in [-0.25, -0.2) is 0 Å². The Balaban J connectivity index is 2.45. The molecule has 2 heteroatoms. The van der Waals surface area contributed by atoms with Crippen molar-refractivity contribution >= 4 is 27.7 Å². The van der Waals surface area contributed by atoms with Crippen molar-refractivity contribution in [1.29, 1.82) is 0 Å². The molecule has 0 heterocycles. The van der Waals surface area contributed by atoms with Gasteiger partial charge in [0.1, 0.15) is 0 Å². The number of allylic oxidation sites excluding steroid dienone is 2. The molecule has 0 fully saturated rings. The van der Waals surface area contributed by atoms with Crippen molar-refractivity contribution in [2.75, 3.05) is 5.33 Å². The number of halogens is 1. The highest BCUT2D eigenvalue weighted by molar-refractivity contribution is 9.09. The van der Waals surface area contributed by atoms with Gasteiger partial charge in [0.2, 0.25) is 0 Å². The van der Waals surface area contributed by atoms with E-state index >= 15 is 0 Å². The van der Waals surface area contributed by atoms with E-state index in [9.17, 15) is 0 Å². The quantitative estimate of drug-likeness (QED) is 0.280. The minimum atomic E-state index is 1.09. The van der Waals surface area contributed by atoms with Crippen LogP contribution >= 0.6 is 27.7 Å². The highest BCUT2D eigenvalue weighted by Gasteiger charge is 1.95. The van der Waals surface area contributed by atoms with Crippen molar-refractivity contribution < 1.29 is 0 Å². The third-order valence-electron chi connectivity index (χ3n) is 2.11. The molecule has 0 atom stereocenters. The molecule has 1 rings (SSSR count). The standard InChI is InChI=1S/C14H17BrS/c1-2-13(9-7-4-8-12-15)16-14-10-5-3-6-11-14/h2-3,5-6,9-11H,1,4,7-8,12H2/b13-9+. The van der Waals surface area contributed by atoms with Crippen molar-refractivity contribution in [3.05, 3.63) is 54.0 Å². The molecule has 0 bridgehead atoms. The summed E-state index contributed by atoms with van der Waals surface area (Å²) in [6.07, 6.45) is 7.81. The number of alkyl halides is 1. The van der Waals surface area contributed by atoms with Crippen LogP contribution in [0.4, 0.5) is 0 Å². The summed E-state index contributed by atoms with van der Waals surface area (Å²) in [4.78, 5) is 2.52.